The van der Waals surface area contributed by atoms with Crippen LogP contribution in [-0.4, -0.2) is 66.3 Å². The van der Waals surface area contributed by atoms with Crippen molar-refractivity contribution in [1.82, 2.24) is 29.8 Å². The number of nitrogens with zero attached hydrogens (tertiary/aromatic N) is 5. The van der Waals surface area contributed by atoms with E-state index < -0.39 is 23.2 Å². The highest BCUT2D eigenvalue weighted by Gasteiger charge is 2.49. The lowest BCUT2D eigenvalue weighted by Gasteiger charge is -2.30. The van der Waals surface area contributed by atoms with Gasteiger partial charge in [0.15, 0.2) is 0 Å². The minimum atomic E-state index is -0.937. The van der Waals surface area contributed by atoms with Crippen molar-refractivity contribution in [3.63, 3.8) is 0 Å². The first-order valence-corrected chi connectivity index (χ1v) is 15.5. The molecule has 242 valence electrons. The summed E-state index contributed by atoms with van der Waals surface area (Å²) in [7, 11) is 0. The molecule has 2 aliphatic heterocycles. The van der Waals surface area contributed by atoms with Crippen molar-refractivity contribution in [3.05, 3.63) is 75.9 Å². The SMILES string of the molecule is C#Cc1c(F)ccc2cc(O)cc(-c3oc(=O)c4c(NCc5c[nH]c6ncncc56)nc(OC[C@@]56CCCN5C[C@H](F)C6)nc4c3C)c12. The van der Waals surface area contributed by atoms with E-state index in [9.17, 15) is 18.7 Å². The molecule has 48 heavy (non-hydrogen) atoms. The van der Waals surface area contributed by atoms with Crippen molar-refractivity contribution in [2.45, 2.75) is 44.4 Å². The van der Waals surface area contributed by atoms with Crippen molar-refractivity contribution in [3.8, 4) is 35.4 Å². The number of phenols is 1. The summed E-state index contributed by atoms with van der Waals surface area (Å²) >= 11 is 0. The standard InChI is InChI=1S/C35H29F2N7O4/c1-3-23-26(37)6-5-19-9-22(45)10-24(27(19)23)30-18(2)29-28(33(46)48-30)32(40-13-20-12-39-31-25(20)14-38-17-41-31)43-34(42-29)47-16-35-7-4-8-44(35)15-21(36)11-35/h1,5-6,9-10,12,14,17,21,45H,4,7-8,11,13,15-16H2,2H3,(H,38,39,41)(H,40,42,43)/t21-,35+/m1/s1. The molecule has 6 aromatic rings. The molecule has 2 saturated heterocycles. The van der Waals surface area contributed by atoms with Crippen molar-refractivity contribution in [2.24, 2.45) is 0 Å². The van der Waals surface area contributed by atoms with Crippen molar-refractivity contribution in [1.29, 1.82) is 0 Å². The zero-order valence-electron chi connectivity index (χ0n) is 25.8. The van der Waals surface area contributed by atoms with Crippen LogP contribution < -0.4 is 15.7 Å². The molecule has 0 saturated carbocycles. The minimum Gasteiger partial charge on any atom is -0.508 e. The van der Waals surface area contributed by atoms with Crippen LogP contribution in [0.5, 0.6) is 11.8 Å². The van der Waals surface area contributed by atoms with Gasteiger partial charge in [0.2, 0.25) is 0 Å². The quantitative estimate of drug-likeness (QED) is 0.193. The fraction of sp³-hybridized carbons (Fsp3) is 0.286. The fourth-order valence-electron chi connectivity index (χ4n) is 7.31. The zero-order valence-corrected chi connectivity index (χ0v) is 25.8. The van der Waals surface area contributed by atoms with E-state index in [1.807, 2.05) is 0 Å². The summed E-state index contributed by atoms with van der Waals surface area (Å²) in [6.45, 7) is 3.27. The van der Waals surface area contributed by atoms with Gasteiger partial charge in [0.1, 0.15) is 53.3 Å². The number of phenolic OH excluding ortho intramolecular Hbond substituents is 1. The van der Waals surface area contributed by atoms with Crippen molar-refractivity contribution in [2.75, 3.05) is 25.0 Å². The molecule has 11 nitrogen and oxygen atoms in total. The molecule has 2 atom stereocenters. The number of H-pyrrole nitrogens is 1. The summed E-state index contributed by atoms with van der Waals surface area (Å²) in [6, 6.07) is 5.53. The smallest absolute Gasteiger partial charge is 0.349 e. The third kappa shape index (κ3) is 4.79. The Morgan fingerprint density at radius 3 is 3.02 bits per heavy atom. The van der Waals surface area contributed by atoms with Crippen LogP contribution in [0, 0.1) is 25.1 Å². The predicted molar refractivity (Wildman–Crippen MR) is 175 cm³/mol. The van der Waals surface area contributed by atoms with Crippen LogP contribution in [0.2, 0.25) is 0 Å². The number of aromatic nitrogens is 5. The Bertz CT molecular complexity index is 2370. The van der Waals surface area contributed by atoms with Crippen LogP contribution >= 0.6 is 0 Å². The number of benzene rings is 2. The number of terminal acetylenes is 1. The number of hydrogen-bond acceptors (Lipinski definition) is 10. The second kappa shape index (κ2) is 11.3. The highest BCUT2D eigenvalue weighted by Crippen LogP contribution is 2.41. The Hall–Kier alpha value is -5.61. The first kappa shape index (κ1) is 29.8. The molecule has 8 rings (SSSR count). The molecule has 0 spiro atoms. The summed E-state index contributed by atoms with van der Waals surface area (Å²) < 4.78 is 41.6. The highest BCUT2D eigenvalue weighted by molar-refractivity contribution is 6.03. The summed E-state index contributed by atoms with van der Waals surface area (Å²) in [5.41, 5.74) is 1.07. The van der Waals surface area contributed by atoms with Gasteiger partial charge in [-0.3, -0.25) is 4.90 Å². The van der Waals surface area contributed by atoms with E-state index in [2.05, 4.69) is 41.1 Å². The molecule has 2 aliphatic rings. The summed E-state index contributed by atoms with van der Waals surface area (Å²) in [6.07, 6.45) is 11.8. The van der Waals surface area contributed by atoms with Gasteiger partial charge in [-0.05, 0) is 55.5 Å². The van der Waals surface area contributed by atoms with Gasteiger partial charge in [-0.1, -0.05) is 12.0 Å². The third-order valence-corrected chi connectivity index (χ3v) is 9.54. The van der Waals surface area contributed by atoms with Gasteiger partial charge in [0.05, 0.1) is 16.6 Å². The summed E-state index contributed by atoms with van der Waals surface area (Å²) in [5.74, 6) is 1.84. The molecule has 13 heteroatoms. The maximum Gasteiger partial charge on any atom is 0.349 e. The Morgan fingerprint density at radius 1 is 1.29 bits per heavy atom. The topological polar surface area (TPSA) is 142 Å². The summed E-state index contributed by atoms with van der Waals surface area (Å²) in [5, 5.41) is 15.5. The molecule has 0 aliphatic carbocycles. The number of rotatable bonds is 7. The zero-order chi connectivity index (χ0) is 33.2. The molecular weight excluding hydrogens is 620 g/mol. The van der Waals surface area contributed by atoms with E-state index >= 15 is 0 Å². The Kier molecular flexibility index (Phi) is 6.99. The van der Waals surface area contributed by atoms with Gasteiger partial charge >= 0.3 is 11.6 Å². The Balaban J connectivity index is 1.28. The van der Waals surface area contributed by atoms with E-state index in [-0.39, 0.29) is 58.5 Å². The summed E-state index contributed by atoms with van der Waals surface area (Å²) in [4.78, 5) is 36.7. The van der Waals surface area contributed by atoms with E-state index in [0.29, 0.717) is 34.9 Å². The number of aryl methyl sites for hydroxylation is 1. The van der Waals surface area contributed by atoms with Crippen molar-refractivity contribution < 1.29 is 23.0 Å². The largest absolute Gasteiger partial charge is 0.508 e. The average molecular weight is 650 g/mol. The molecule has 3 N–H and O–H groups in total. The van der Waals surface area contributed by atoms with Gasteiger partial charge in [-0.15, -0.1) is 6.42 Å². The molecule has 6 heterocycles. The van der Waals surface area contributed by atoms with Crippen LogP contribution in [0.1, 0.15) is 36.0 Å². The Labute approximate surface area is 272 Å². The van der Waals surface area contributed by atoms with Gasteiger partial charge in [-0.2, -0.15) is 9.97 Å². The van der Waals surface area contributed by atoms with E-state index in [4.69, 9.17) is 15.6 Å². The van der Waals surface area contributed by atoms with Crippen LogP contribution in [0.25, 0.3) is 44.0 Å². The lowest BCUT2D eigenvalue weighted by Crippen LogP contribution is -2.43. The van der Waals surface area contributed by atoms with Gasteiger partial charge in [0.25, 0.3) is 0 Å². The average Bonchev–Trinajstić information content (AvgIpc) is 3.76. The van der Waals surface area contributed by atoms with Crippen LogP contribution in [0.4, 0.5) is 14.6 Å². The number of halogens is 2. The second-order valence-corrected chi connectivity index (χ2v) is 12.4. The maximum atomic E-state index is 14.9. The number of alkyl halides is 1. The normalized spacial score (nSPS) is 19.2. The maximum absolute atomic E-state index is 14.9. The fourth-order valence-corrected chi connectivity index (χ4v) is 7.31. The molecule has 4 aromatic heterocycles. The molecule has 0 unspecified atom stereocenters. The molecule has 0 radical (unpaired) electrons. The van der Waals surface area contributed by atoms with Gasteiger partial charge in [0, 0.05) is 53.8 Å². The number of aromatic hydroxyl groups is 1. The van der Waals surface area contributed by atoms with Crippen molar-refractivity contribution >= 4 is 38.5 Å². The van der Waals surface area contributed by atoms with E-state index in [1.165, 1.54) is 30.6 Å². The van der Waals surface area contributed by atoms with Gasteiger partial charge < -0.3 is 24.6 Å². The second-order valence-electron chi connectivity index (χ2n) is 12.4. The molecule has 2 fully saturated rings. The first-order chi connectivity index (χ1) is 23.2. The lowest BCUT2D eigenvalue weighted by atomic mass is 9.95. The monoisotopic (exact) mass is 649 g/mol. The minimum absolute atomic E-state index is 0.00781. The molecule has 2 aromatic carbocycles. The molecule has 0 amide bonds. The first-order valence-electron chi connectivity index (χ1n) is 15.5. The molecular formula is C35H29F2N7O4. The highest BCUT2D eigenvalue weighted by atomic mass is 19.1. The third-order valence-electron chi connectivity index (χ3n) is 9.54. The number of fused-ring (bicyclic) bond motifs is 4. The number of hydrogen-bond donors (Lipinski definition) is 3. The molecule has 0 bridgehead atoms. The van der Waals surface area contributed by atoms with E-state index in [1.54, 1.807) is 19.3 Å². The van der Waals surface area contributed by atoms with Gasteiger partial charge in [-0.25, -0.2) is 23.5 Å². The number of aromatic amines is 1. The number of anilines is 1. The number of ether oxygens (including phenoxy) is 1. The lowest BCUT2D eigenvalue weighted by molar-refractivity contribution is 0.107. The van der Waals surface area contributed by atoms with E-state index in [0.717, 1.165) is 30.3 Å². The Morgan fingerprint density at radius 2 is 2.17 bits per heavy atom. The predicted octanol–water partition coefficient (Wildman–Crippen LogP) is 5.38. The van der Waals surface area contributed by atoms with Crippen LogP contribution in [0.15, 0.2) is 52.2 Å². The van der Waals surface area contributed by atoms with Crippen LogP contribution in [0.3, 0.4) is 0 Å². The number of nitrogens with one attached hydrogen (secondary N) is 2. The van der Waals surface area contributed by atoms with Crippen LogP contribution in [-0.2, 0) is 6.54 Å².